The summed E-state index contributed by atoms with van der Waals surface area (Å²) in [7, 11) is 0. The van der Waals surface area contributed by atoms with Crippen LogP contribution in [0, 0.1) is 12.8 Å². The number of benzene rings is 2. The normalized spacial score (nSPS) is 20.1. The molecule has 1 aliphatic heterocycles. The lowest BCUT2D eigenvalue weighted by Gasteiger charge is -2.32. The molecule has 0 amide bonds. The van der Waals surface area contributed by atoms with E-state index in [2.05, 4.69) is 21.2 Å². The van der Waals surface area contributed by atoms with Crippen molar-refractivity contribution >= 4 is 26.9 Å². The molecular weight excluding hydrogens is 466 g/mol. The van der Waals surface area contributed by atoms with Gasteiger partial charge in [0.15, 0.2) is 0 Å². The Labute approximate surface area is 187 Å². The smallest absolute Gasteiger partial charge is 0.202 e. The van der Waals surface area contributed by atoms with Gasteiger partial charge in [-0.15, -0.1) is 0 Å². The topological polar surface area (TPSA) is 123 Å². The number of aliphatic hydroxyl groups excluding tert-OH is 2. The molecule has 0 saturated carbocycles. The van der Waals surface area contributed by atoms with Gasteiger partial charge in [-0.1, -0.05) is 34.1 Å². The van der Waals surface area contributed by atoms with E-state index in [0.29, 0.717) is 35.1 Å². The van der Waals surface area contributed by atoms with E-state index in [4.69, 9.17) is 4.42 Å². The lowest BCUT2D eigenvalue weighted by Crippen LogP contribution is -2.37. The highest BCUT2D eigenvalue weighted by Crippen LogP contribution is 2.43. The summed E-state index contributed by atoms with van der Waals surface area (Å²) < 4.78 is 6.63. The minimum atomic E-state index is -1.27. The summed E-state index contributed by atoms with van der Waals surface area (Å²) in [6.07, 6.45) is -0.639. The van der Waals surface area contributed by atoms with Gasteiger partial charge in [0.1, 0.15) is 34.3 Å². The second-order valence-corrected chi connectivity index (χ2v) is 8.75. The molecule has 4 rings (SSSR count). The Morgan fingerprint density at radius 3 is 2.71 bits per heavy atom. The molecule has 3 unspecified atom stereocenters. The molecule has 5 N–H and O–H groups in total. The first-order valence-electron chi connectivity index (χ1n) is 10.1. The van der Waals surface area contributed by atoms with E-state index < -0.39 is 17.3 Å². The number of nitrogens with one attached hydrogen (secondary N) is 1. The van der Waals surface area contributed by atoms with E-state index in [-0.39, 0.29) is 46.5 Å². The molecule has 0 aliphatic carbocycles. The minimum Gasteiger partial charge on any atom is -0.507 e. The van der Waals surface area contributed by atoms with Crippen LogP contribution in [0.4, 0.5) is 0 Å². The van der Waals surface area contributed by atoms with Gasteiger partial charge < -0.3 is 30.2 Å². The highest BCUT2D eigenvalue weighted by molar-refractivity contribution is 9.10. The summed E-state index contributed by atoms with van der Waals surface area (Å²) >= 11 is 3.39. The molecular formula is C23H24BrNO6. The molecule has 2 heterocycles. The number of aliphatic hydroxyl groups is 2. The lowest BCUT2D eigenvalue weighted by atomic mass is 9.80. The molecule has 1 fully saturated rings. The van der Waals surface area contributed by atoms with E-state index >= 15 is 0 Å². The van der Waals surface area contributed by atoms with Gasteiger partial charge in [0, 0.05) is 35.2 Å². The summed E-state index contributed by atoms with van der Waals surface area (Å²) in [5, 5.41) is 45.1. The first-order chi connectivity index (χ1) is 14.8. The van der Waals surface area contributed by atoms with Crippen molar-refractivity contribution in [1.29, 1.82) is 0 Å². The third-order valence-corrected chi connectivity index (χ3v) is 6.79. The molecule has 8 heteroatoms. The van der Waals surface area contributed by atoms with Crippen molar-refractivity contribution in [2.45, 2.75) is 25.4 Å². The molecule has 1 aromatic heterocycles. The zero-order valence-electron chi connectivity index (χ0n) is 16.9. The van der Waals surface area contributed by atoms with Gasteiger partial charge in [-0.25, -0.2) is 0 Å². The Hall–Kier alpha value is -2.39. The van der Waals surface area contributed by atoms with Crippen LogP contribution >= 0.6 is 15.9 Å². The SMILES string of the molecule is Cc1oc2c(C3CCNCC3CO)c(O)cc(O)c2c(=O)c1C(O)c1ccccc1Br. The Morgan fingerprint density at radius 2 is 2.00 bits per heavy atom. The Bertz CT molecular complexity index is 1190. The van der Waals surface area contributed by atoms with Crippen molar-refractivity contribution in [2.75, 3.05) is 19.7 Å². The van der Waals surface area contributed by atoms with Crippen molar-refractivity contribution in [3.05, 3.63) is 67.5 Å². The third-order valence-electron chi connectivity index (χ3n) is 6.07. The zero-order valence-corrected chi connectivity index (χ0v) is 18.5. The fourth-order valence-corrected chi connectivity index (χ4v) is 5.00. The van der Waals surface area contributed by atoms with Gasteiger partial charge in [0.2, 0.25) is 5.43 Å². The molecule has 2 aromatic carbocycles. The van der Waals surface area contributed by atoms with Crippen molar-refractivity contribution in [2.24, 2.45) is 5.92 Å². The third kappa shape index (κ3) is 3.74. The van der Waals surface area contributed by atoms with Crippen LogP contribution < -0.4 is 10.7 Å². The number of aromatic hydroxyl groups is 2. The number of aryl methyl sites for hydroxylation is 1. The van der Waals surface area contributed by atoms with Gasteiger partial charge >= 0.3 is 0 Å². The predicted molar refractivity (Wildman–Crippen MR) is 120 cm³/mol. The van der Waals surface area contributed by atoms with E-state index in [9.17, 15) is 25.2 Å². The van der Waals surface area contributed by atoms with Crippen LogP contribution in [0.2, 0.25) is 0 Å². The largest absolute Gasteiger partial charge is 0.507 e. The number of phenolic OH excluding ortho intramolecular Hbond substituents is 2. The number of fused-ring (bicyclic) bond motifs is 1. The maximum Gasteiger partial charge on any atom is 0.202 e. The van der Waals surface area contributed by atoms with Crippen molar-refractivity contribution in [1.82, 2.24) is 5.32 Å². The van der Waals surface area contributed by atoms with Crippen LogP contribution in [0.3, 0.4) is 0 Å². The molecule has 1 saturated heterocycles. The number of phenols is 2. The average molecular weight is 490 g/mol. The van der Waals surface area contributed by atoms with Crippen LogP contribution in [-0.4, -0.2) is 40.1 Å². The molecule has 1 aliphatic rings. The van der Waals surface area contributed by atoms with Crippen LogP contribution in [0.1, 0.15) is 40.9 Å². The van der Waals surface area contributed by atoms with Crippen LogP contribution in [0.15, 0.2) is 44.0 Å². The Kier molecular flexibility index (Phi) is 6.07. The second-order valence-electron chi connectivity index (χ2n) is 7.90. The highest BCUT2D eigenvalue weighted by Gasteiger charge is 2.33. The molecule has 7 nitrogen and oxygen atoms in total. The second kappa shape index (κ2) is 8.63. The number of piperidine rings is 1. The van der Waals surface area contributed by atoms with E-state index in [1.165, 1.54) is 0 Å². The number of hydrogen-bond acceptors (Lipinski definition) is 7. The molecule has 0 spiro atoms. The van der Waals surface area contributed by atoms with Gasteiger partial charge in [-0.2, -0.15) is 0 Å². The van der Waals surface area contributed by atoms with Crippen LogP contribution in [-0.2, 0) is 0 Å². The monoisotopic (exact) mass is 489 g/mol. The van der Waals surface area contributed by atoms with Gasteiger partial charge in [-0.3, -0.25) is 4.79 Å². The Morgan fingerprint density at radius 1 is 1.26 bits per heavy atom. The first kappa shape index (κ1) is 21.8. The molecule has 164 valence electrons. The molecule has 3 atom stereocenters. The van der Waals surface area contributed by atoms with Crippen molar-refractivity contribution in [3.63, 3.8) is 0 Å². The van der Waals surface area contributed by atoms with Crippen LogP contribution in [0.25, 0.3) is 11.0 Å². The average Bonchev–Trinajstić information content (AvgIpc) is 2.73. The highest BCUT2D eigenvalue weighted by atomic mass is 79.9. The number of hydrogen-bond donors (Lipinski definition) is 5. The van der Waals surface area contributed by atoms with Crippen molar-refractivity contribution < 1.29 is 24.8 Å². The van der Waals surface area contributed by atoms with Gasteiger partial charge in [0.25, 0.3) is 0 Å². The fraction of sp³-hybridized carbons (Fsp3) is 0.348. The minimum absolute atomic E-state index is 0.0235. The summed E-state index contributed by atoms with van der Waals surface area (Å²) in [5.41, 5.74) is 0.448. The van der Waals surface area contributed by atoms with Crippen LogP contribution in [0.5, 0.6) is 11.5 Å². The number of halogens is 1. The van der Waals surface area contributed by atoms with Gasteiger partial charge in [-0.05, 0) is 37.4 Å². The summed E-state index contributed by atoms with van der Waals surface area (Å²) in [6.45, 7) is 2.73. The summed E-state index contributed by atoms with van der Waals surface area (Å²) in [5.74, 6) is -0.835. The maximum absolute atomic E-state index is 13.5. The zero-order chi connectivity index (χ0) is 22.3. The maximum atomic E-state index is 13.5. The van der Waals surface area contributed by atoms with Crippen molar-refractivity contribution in [3.8, 4) is 11.5 Å². The molecule has 0 bridgehead atoms. The van der Waals surface area contributed by atoms with Gasteiger partial charge in [0.05, 0.1) is 5.56 Å². The van der Waals surface area contributed by atoms with E-state index in [1.807, 2.05) is 0 Å². The lowest BCUT2D eigenvalue weighted by molar-refractivity contribution is 0.178. The van der Waals surface area contributed by atoms with E-state index in [0.717, 1.165) is 6.07 Å². The number of rotatable bonds is 4. The molecule has 0 radical (unpaired) electrons. The first-order valence-corrected chi connectivity index (χ1v) is 10.9. The summed E-state index contributed by atoms with van der Waals surface area (Å²) in [6, 6.07) is 8.14. The summed E-state index contributed by atoms with van der Waals surface area (Å²) in [4.78, 5) is 13.5. The standard InChI is InChI=1S/C23H24BrNO6/c1-11-18(21(29)14-4-2-3-5-15(14)24)22(30)20-17(28)8-16(27)19(23(20)31-11)13-6-7-25-9-12(13)10-26/h2-5,8,12-13,21,25-29H,6-7,9-10H2,1H3. The quantitative estimate of drug-likeness (QED) is 0.381. The van der Waals surface area contributed by atoms with E-state index in [1.54, 1.807) is 31.2 Å². The molecule has 3 aromatic rings. The molecule has 31 heavy (non-hydrogen) atoms. The Balaban J connectivity index is 1.97. The fourth-order valence-electron chi connectivity index (χ4n) is 4.50. The predicted octanol–water partition coefficient (Wildman–Crippen LogP) is 3.04.